The van der Waals surface area contributed by atoms with Crippen LogP contribution in [0.3, 0.4) is 0 Å². The first-order chi connectivity index (χ1) is 12.3. The number of piperidine rings is 1. The molecule has 1 N–H and O–H groups in total. The van der Waals surface area contributed by atoms with Crippen LogP contribution in [0.1, 0.15) is 24.0 Å². The van der Waals surface area contributed by atoms with Crippen LogP contribution in [0.5, 0.6) is 0 Å². The Bertz CT molecular complexity index is 635. The summed E-state index contributed by atoms with van der Waals surface area (Å²) in [6.07, 6.45) is -3.73. The summed E-state index contributed by atoms with van der Waals surface area (Å²) < 4.78 is 42.3. The van der Waals surface area contributed by atoms with Gasteiger partial charge >= 0.3 is 6.18 Å². The van der Waals surface area contributed by atoms with Crippen molar-refractivity contribution in [2.45, 2.75) is 38.6 Å². The molecule has 1 aromatic rings. The van der Waals surface area contributed by atoms with Gasteiger partial charge in [-0.15, -0.1) is 0 Å². The van der Waals surface area contributed by atoms with Gasteiger partial charge in [0.1, 0.15) is 6.54 Å². The van der Waals surface area contributed by atoms with E-state index in [0.717, 1.165) is 26.1 Å². The number of hydrogen-bond donors (Lipinski definition) is 1. The van der Waals surface area contributed by atoms with Gasteiger partial charge in [-0.05, 0) is 31.4 Å². The lowest BCUT2D eigenvalue weighted by atomic mass is 9.83. The maximum absolute atomic E-state index is 12.2. The Balaban J connectivity index is 1.48. The van der Waals surface area contributed by atoms with Crippen LogP contribution in [-0.4, -0.2) is 49.3 Å². The molecule has 2 heterocycles. The minimum absolute atomic E-state index is 0.00905. The van der Waals surface area contributed by atoms with Crippen molar-refractivity contribution in [1.29, 1.82) is 0 Å². The van der Waals surface area contributed by atoms with Gasteiger partial charge in [-0.3, -0.25) is 9.69 Å². The molecule has 1 amide bonds. The van der Waals surface area contributed by atoms with Crippen LogP contribution in [0, 0.1) is 18.8 Å². The number of aryl methyl sites for hydroxylation is 1. The van der Waals surface area contributed by atoms with E-state index in [1.807, 2.05) is 5.32 Å². The van der Waals surface area contributed by atoms with E-state index in [1.54, 1.807) is 0 Å². The van der Waals surface area contributed by atoms with Crippen LogP contribution in [0.25, 0.3) is 0 Å². The Morgan fingerprint density at radius 1 is 1.38 bits per heavy atom. The van der Waals surface area contributed by atoms with E-state index in [9.17, 15) is 18.0 Å². The van der Waals surface area contributed by atoms with Crippen molar-refractivity contribution in [1.82, 2.24) is 10.2 Å². The van der Waals surface area contributed by atoms with Gasteiger partial charge in [-0.2, -0.15) is 13.2 Å². The standard InChI is InChI=1S/C19H25F3N2O2/c1-13-3-2-4-14(7-13)9-24-6-5-16-15(10-24)11-26-17(16)8-18(25)23-12-19(20,21)22/h2-4,7,15-17H,5-6,8-12H2,1H3,(H,23,25)/t15-,16-,17+/m1/s1. The molecule has 2 fully saturated rings. The first-order valence-corrected chi connectivity index (χ1v) is 9.03. The van der Waals surface area contributed by atoms with E-state index in [4.69, 9.17) is 4.74 Å². The highest BCUT2D eigenvalue weighted by Gasteiger charge is 2.41. The Morgan fingerprint density at radius 3 is 2.92 bits per heavy atom. The van der Waals surface area contributed by atoms with E-state index >= 15 is 0 Å². The molecule has 0 saturated carbocycles. The summed E-state index contributed by atoms with van der Waals surface area (Å²) in [5, 5.41) is 1.94. The van der Waals surface area contributed by atoms with Crippen LogP contribution < -0.4 is 5.32 Å². The van der Waals surface area contributed by atoms with Crippen molar-refractivity contribution in [3.05, 3.63) is 35.4 Å². The molecule has 144 valence electrons. The van der Waals surface area contributed by atoms with Crippen LogP contribution in [0.4, 0.5) is 13.2 Å². The number of alkyl halides is 3. The molecule has 1 aromatic carbocycles. The summed E-state index contributed by atoms with van der Waals surface area (Å²) in [6, 6.07) is 8.45. The van der Waals surface area contributed by atoms with Crippen molar-refractivity contribution in [3.63, 3.8) is 0 Å². The highest BCUT2D eigenvalue weighted by atomic mass is 19.4. The third kappa shape index (κ3) is 5.20. The number of carbonyl (C=O) groups is 1. The van der Waals surface area contributed by atoms with Crippen LogP contribution in [-0.2, 0) is 16.1 Å². The van der Waals surface area contributed by atoms with Gasteiger partial charge in [-0.25, -0.2) is 0 Å². The fourth-order valence-electron chi connectivity index (χ4n) is 4.04. The maximum atomic E-state index is 12.2. The lowest BCUT2D eigenvalue weighted by molar-refractivity contribution is -0.140. The smallest absolute Gasteiger partial charge is 0.377 e. The fourth-order valence-corrected chi connectivity index (χ4v) is 4.04. The molecule has 0 spiro atoms. The Hall–Kier alpha value is -1.60. The average molecular weight is 370 g/mol. The highest BCUT2D eigenvalue weighted by Crippen LogP contribution is 2.36. The van der Waals surface area contributed by atoms with E-state index in [2.05, 4.69) is 36.1 Å². The number of likely N-dealkylation sites (tertiary alicyclic amines) is 1. The summed E-state index contributed by atoms with van der Waals surface area (Å²) in [4.78, 5) is 14.2. The first-order valence-electron chi connectivity index (χ1n) is 9.03. The zero-order valence-electron chi connectivity index (χ0n) is 14.9. The summed E-state index contributed by atoms with van der Waals surface area (Å²) in [6.45, 7) is 4.08. The second-order valence-electron chi connectivity index (χ2n) is 7.40. The largest absolute Gasteiger partial charge is 0.405 e. The minimum Gasteiger partial charge on any atom is -0.377 e. The number of halogens is 3. The molecule has 26 heavy (non-hydrogen) atoms. The zero-order chi connectivity index (χ0) is 18.7. The molecule has 2 aliphatic heterocycles. The number of amides is 1. The second kappa shape index (κ2) is 7.96. The molecular weight excluding hydrogens is 345 g/mol. The topological polar surface area (TPSA) is 41.6 Å². The molecule has 7 heteroatoms. The molecule has 0 radical (unpaired) electrons. The van der Waals surface area contributed by atoms with Gasteiger partial charge in [0.15, 0.2) is 0 Å². The van der Waals surface area contributed by atoms with Crippen molar-refractivity contribution < 1.29 is 22.7 Å². The number of hydrogen-bond acceptors (Lipinski definition) is 3. The third-order valence-corrected chi connectivity index (χ3v) is 5.24. The number of ether oxygens (including phenoxy) is 1. The van der Waals surface area contributed by atoms with Crippen molar-refractivity contribution in [2.24, 2.45) is 11.8 Å². The third-order valence-electron chi connectivity index (χ3n) is 5.24. The summed E-state index contributed by atoms with van der Waals surface area (Å²) in [7, 11) is 0. The maximum Gasteiger partial charge on any atom is 0.405 e. The number of nitrogens with zero attached hydrogens (tertiary/aromatic N) is 1. The summed E-state index contributed by atoms with van der Waals surface area (Å²) in [5.74, 6) is 0.00420. The van der Waals surface area contributed by atoms with Gasteiger partial charge in [0.2, 0.25) is 5.91 Å². The predicted molar refractivity (Wildman–Crippen MR) is 91.5 cm³/mol. The lowest BCUT2D eigenvalue weighted by Gasteiger charge is -2.35. The number of benzene rings is 1. The molecular formula is C19H25F3N2O2. The van der Waals surface area contributed by atoms with Crippen LogP contribution in [0.2, 0.25) is 0 Å². The van der Waals surface area contributed by atoms with E-state index in [1.165, 1.54) is 11.1 Å². The molecule has 3 rings (SSSR count). The molecule has 0 unspecified atom stereocenters. The minimum atomic E-state index is -4.38. The molecule has 0 aromatic heterocycles. The van der Waals surface area contributed by atoms with E-state index in [0.29, 0.717) is 12.5 Å². The van der Waals surface area contributed by atoms with Gasteiger partial charge in [0, 0.05) is 19.0 Å². The SMILES string of the molecule is Cc1cccc(CN2CC[C@@H]3[C@@H](CO[C@H]3CC(=O)NCC(F)(F)F)C2)c1. The van der Waals surface area contributed by atoms with Crippen molar-refractivity contribution in [2.75, 3.05) is 26.2 Å². The van der Waals surface area contributed by atoms with Crippen molar-refractivity contribution in [3.8, 4) is 0 Å². The quantitative estimate of drug-likeness (QED) is 0.867. The first kappa shape index (κ1) is 19.2. The van der Waals surface area contributed by atoms with E-state index < -0.39 is 18.6 Å². The van der Waals surface area contributed by atoms with Crippen LogP contribution >= 0.6 is 0 Å². The molecule has 3 atom stereocenters. The lowest BCUT2D eigenvalue weighted by Crippen LogP contribution is -2.42. The summed E-state index contributed by atoms with van der Waals surface area (Å²) >= 11 is 0. The van der Waals surface area contributed by atoms with Gasteiger partial charge in [0.25, 0.3) is 0 Å². The number of rotatable bonds is 5. The number of carbonyl (C=O) groups excluding carboxylic acids is 1. The Morgan fingerprint density at radius 2 is 2.19 bits per heavy atom. The summed E-state index contributed by atoms with van der Waals surface area (Å²) in [5.41, 5.74) is 2.52. The van der Waals surface area contributed by atoms with E-state index in [-0.39, 0.29) is 18.4 Å². The second-order valence-corrected chi connectivity index (χ2v) is 7.40. The van der Waals surface area contributed by atoms with Gasteiger partial charge < -0.3 is 10.1 Å². The zero-order valence-corrected chi connectivity index (χ0v) is 14.9. The number of fused-ring (bicyclic) bond motifs is 1. The molecule has 2 aliphatic rings. The van der Waals surface area contributed by atoms with Gasteiger partial charge in [-0.1, -0.05) is 29.8 Å². The van der Waals surface area contributed by atoms with Gasteiger partial charge in [0.05, 0.1) is 19.1 Å². The molecule has 0 bridgehead atoms. The molecule has 4 nitrogen and oxygen atoms in total. The predicted octanol–water partition coefficient (Wildman–Crippen LogP) is 2.90. The monoisotopic (exact) mass is 370 g/mol. The Labute approximate surface area is 151 Å². The number of nitrogens with one attached hydrogen (secondary N) is 1. The molecule has 0 aliphatic carbocycles. The molecule has 2 saturated heterocycles. The normalized spacial score (nSPS) is 26.5. The van der Waals surface area contributed by atoms with Crippen molar-refractivity contribution >= 4 is 5.91 Å². The van der Waals surface area contributed by atoms with Crippen LogP contribution in [0.15, 0.2) is 24.3 Å². The Kier molecular flexibility index (Phi) is 5.87. The highest BCUT2D eigenvalue weighted by molar-refractivity contribution is 5.76. The fraction of sp³-hybridized carbons (Fsp3) is 0.632. The average Bonchev–Trinajstić information content (AvgIpc) is 2.95.